The Kier molecular flexibility index (Phi) is 38.4. The summed E-state index contributed by atoms with van der Waals surface area (Å²) < 4.78 is 134. The number of aliphatic hydroxyl groups excluding tert-OH is 3. The summed E-state index contributed by atoms with van der Waals surface area (Å²) in [5.74, 6) is -5.35. The number of ether oxygens (including phenoxy) is 9. The number of carboxylic acids is 1. The van der Waals surface area contributed by atoms with Crippen LogP contribution in [-0.2, 0) is 112 Å². The first kappa shape index (κ1) is 107. The largest absolute Gasteiger partial charge is 0.695 e. The number of hydrogen-bond acceptors (Lipinski definition) is 45. The molecule has 61 heteroatoms. The minimum absolute atomic E-state index is 0.00506. The number of nitrogens with zero attached hydrogens (tertiary/aromatic N) is 12. The van der Waals surface area contributed by atoms with Gasteiger partial charge in [-0.3, -0.25) is 37.2 Å². The number of esters is 4. The maximum absolute atomic E-state index is 14.0. The Hall–Kier alpha value is -10.7. The molecule has 4 aliphatic heterocycles. The first-order valence-electron chi connectivity index (χ1n) is 40.0. The number of alkyl halides is 3. The van der Waals surface area contributed by atoms with Crippen molar-refractivity contribution < 1.29 is 176 Å². The van der Waals surface area contributed by atoms with Crippen molar-refractivity contribution in [3.63, 3.8) is 0 Å². The van der Waals surface area contributed by atoms with Gasteiger partial charge in [-0.25, -0.2) is 58.4 Å². The van der Waals surface area contributed by atoms with E-state index >= 15 is 0 Å². The maximum atomic E-state index is 14.0. The third-order valence-corrected chi connectivity index (χ3v) is 21.8. The first-order valence-corrected chi connectivity index (χ1v) is 45.7. The fourth-order valence-corrected chi connectivity index (χ4v) is 15.2. The van der Waals surface area contributed by atoms with E-state index in [9.17, 15) is 90.8 Å². The lowest BCUT2D eigenvalue weighted by Gasteiger charge is -2.26. The average molecular weight is 1980 g/mol. The molecule has 4 saturated heterocycles. The second kappa shape index (κ2) is 48.1. The van der Waals surface area contributed by atoms with Gasteiger partial charge in [-0.15, -0.1) is 13.9 Å². The van der Waals surface area contributed by atoms with Gasteiger partial charge in [0.25, 0.3) is 0 Å². The van der Waals surface area contributed by atoms with Gasteiger partial charge in [0.1, 0.15) is 141 Å². The molecule has 0 radical (unpaired) electrons. The molecule has 12 rings (SSSR count). The molecule has 54 nitrogen and oxygen atoms in total. The highest BCUT2D eigenvalue weighted by Gasteiger charge is 2.56. The van der Waals surface area contributed by atoms with Gasteiger partial charge >= 0.3 is 85.9 Å². The molecule has 23 N–H and O–H groups in total. The molecular formula is C73H98F3N18O36P4+3. The van der Waals surface area contributed by atoms with E-state index in [1.54, 1.807) is 32.9 Å². The molecule has 8 aromatic rings. The Balaban J connectivity index is 0.000000249. The number of imidazole rings is 2. The normalized spacial score (nSPS) is 22.4. The summed E-state index contributed by atoms with van der Waals surface area (Å²) in [5, 5.41) is 42.0. The molecule has 134 heavy (non-hydrogen) atoms. The van der Waals surface area contributed by atoms with Crippen LogP contribution in [0, 0.1) is 0 Å². The molecule has 1 amide bonds. The number of amides is 1. The number of aliphatic carboxylic acids is 1. The number of carbonyl (C=O) groups is 6. The van der Waals surface area contributed by atoms with Gasteiger partial charge < -0.3 is 107 Å². The number of aliphatic hydroxyl groups is 3. The molecule has 0 saturated carbocycles. The zero-order valence-corrected chi connectivity index (χ0v) is 74.4. The van der Waals surface area contributed by atoms with E-state index < -0.39 is 210 Å². The summed E-state index contributed by atoms with van der Waals surface area (Å²) in [6.45, 7) is 2.36. The maximum Gasteiger partial charge on any atom is 0.695 e. The number of phosphoric acid groups is 1. The van der Waals surface area contributed by atoms with Crippen LogP contribution in [0.15, 0.2) is 120 Å². The summed E-state index contributed by atoms with van der Waals surface area (Å²) in [5.41, 5.74) is 28.8. The monoisotopic (exact) mass is 1980 g/mol. The van der Waals surface area contributed by atoms with Crippen LogP contribution in [0.4, 0.5) is 41.2 Å². The number of anilines is 4. The van der Waals surface area contributed by atoms with Gasteiger partial charge in [0.05, 0.1) is 25.9 Å². The quantitative estimate of drug-likeness (QED) is 0.0110. The van der Waals surface area contributed by atoms with Gasteiger partial charge in [0.15, 0.2) is 47.6 Å². The van der Waals surface area contributed by atoms with Gasteiger partial charge in [-0.1, -0.05) is 73.5 Å². The molecule has 2 aromatic carbocycles. The van der Waals surface area contributed by atoms with Crippen molar-refractivity contribution in [1.29, 1.82) is 0 Å². The lowest BCUT2D eigenvalue weighted by atomic mass is 10.1. The van der Waals surface area contributed by atoms with Crippen molar-refractivity contribution in [3.05, 3.63) is 143 Å². The summed E-state index contributed by atoms with van der Waals surface area (Å²) in [6, 6.07) is 18.7. The highest BCUT2D eigenvalue weighted by Crippen LogP contribution is 2.57. The third-order valence-electron chi connectivity index (χ3n) is 19.3. The summed E-state index contributed by atoms with van der Waals surface area (Å²) >= 11 is 0. The molecule has 4 aliphatic rings. The SMILES string of the molecule is CC(C)(C)OC(=O)N[C@@H](CCCCC(=O)OCc1ccccc1)C(=O)O[C@H]1[C@@H](O)[C@H](n2cnc3c(N)ncnc32)O[C@@H]1CO[P+](O)(O)O[C@H]1C[C@H](n2ccc(N)nc2=O)O[C@@H]1COP(=O)(O)O.Nc1ccn([C@H]2C[C@H](O[P+](=O)O)[C@@H](CO[P+](O)(O)O)O2)c(=O)n1.Nc1ncnc2c1ncn2[C@@H]1O[C@H](CO)[C@@H](OC(=O)[C@@H](N)CCCCC(=O)OCc2ccccc2)[C@H]1O.O=C(O)C(F)(F)F. The predicted molar refractivity (Wildman–Crippen MR) is 448 cm³/mol. The van der Waals surface area contributed by atoms with E-state index in [-0.39, 0.29) is 105 Å². The fourth-order valence-electron chi connectivity index (χ4n) is 13.1. The number of carbonyl (C=O) groups excluding carboxylic acids is 5. The Morgan fingerprint density at radius 1 is 0.619 bits per heavy atom. The molecule has 0 aliphatic carbocycles. The lowest BCUT2D eigenvalue weighted by molar-refractivity contribution is -0.192. The number of fused-ring (bicyclic) bond motifs is 2. The third kappa shape index (κ3) is 32.2. The van der Waals surface area contributed by atoms with Crippen LogP contribution in [-0.4, -0.2) is 265 Å². The van der Waals surface area contributed by atoms with Gasteiger partial charge in [-0.05, 0) is 69.7 Å². The number of alkyl carbamates (subject to hydrolysis) is 1. The van der Waals surface area contributed by atoms with E-state index in [1.807, 2.05) is 48.5 Å². The molecule has 734 valence electrons. The number of carboxylic acid groups (broad SMARTS) is 1. The predicted octanol–water partition coefficient (Wildman–Crippen LogP) is 0.730. The average Bonchev–Trinajstić information content (AvgIpc) is 1.62. The fraction of sp³-hybridized carbons (Fsp3) is 0.507. The standard InChI is InChI=1S/C38H51N9O18P2.C24H30N6O7.C9H13N3O9P2.C2HF3O2/c1-38(2,3)64-37(52)44-22(11-7-8-12-28(48)58-16-21-9-5-4-6-10-21)35(50)63-31-25(62-34(30(31)49)47-20-43-29-32(40)41-19-42-33(29)47)18-60-67(56,57)65-23-15-27(46-14-13-26(39)45-36(46)51)61-24(23)17-59-66(53,54)55;25-15(8-4-5-9-17(32)35-11-14-6-2-1-3-7-14)24(34)37-20-16(10-31)36-23(19(20)33)30-13-29-18-21(26)27-12-28-22(18)30;10-7-1-2-12(9(13)11-7)8-3-5(21-22(14)15)6(20-8)4-19-23(16,17)18;3-2(4,5)1(6)7/h4-6,9-10,13-14,19-20,22-25,27,30-31,34,49,56-57H,7-8,11-12,15-18H2,1-3H3,(H6-,39,40,41,42,44,45,51,52,53,54,55);1-3,6-7,12-13,15-16,19-20,23,31,33H,4-5,8-11,25H2,(H2,26,27,28);1-2,5-6,8,16-18H,3-4H2,(H-2,10,11,13,14,15);(H,6,7)/p+3/t22-,23-,24+,25+,27+,30+,31+,34+;15-,16+,19+,20+,23+;5-,6+,8+;/m000./s1. The minimum Gasteiger partial charge on any atom is -0.475 e. The van der Waals surface area contributed by atoms with Crippen LogP contribution in [0.5, 0.6) is 0 Å². The summed E-state index contributed by atoms with van der Waals surface area (Å²) in [7, 11) is -17.6. The van der Waals surface area contributed by atoms with Crippen molar-refractivity contribution in [3.8, 4) is 0 Å². The second-order valence-corrected chi connectivity index (χ2v) is 35.0. The number of nitrogens with two attached hydrogens (primary N) is 5. The van der Waals surface area contributed by atoms with Crippen molar-refractivity contribution in [1.82, 2.24) is 63.5 Å². The van der Waals surface area contributed by atoms with Gasteiger partial charge in [0, 0.05) is 42.6 Å². The van der Waals surface area contributed by atoms with Crippen LogP contribution < -0.4 is 45.4 Å². The first-order chi connectivity index (χ1) is 63.0. The van der Waals surface area contributed by atoms with E-state index in [0.717, 1.165) is 26.6 Å². The lowest BCUT2D eigenvalue weighted by Crippen LogP contribution is -2.47. The highest BCUT2D eigenvalue weighted by atomic mass is 31.2. The van der Waals surface area contributed by atoms with E-state index in [4.69, 9.17) is 114 Å². The van der Waals surface area contributed by atoms with Crippen molar-refractivity contribution in [2.75, 3.05) is 49.4 Å². The Bertz CT molecular complexity index is 5460. The molecule has 0 bridgehead atoms. The molecule has 1 unspecified atom stereocenters. The van der Waals surface area contributed by atoms with Crippen molar-refractivity contribution >= 4 is 114 Å². The molecule has 10 heterocycles. The molecule has 17 atom stereocenters. The Morgan fingerprint density at radius 3 is 1.53 bits per heavy atom. The Morgan fingerprint density at radius 2 is 1.07 bits per heavy atom. The number of nitrogen functional groups attached to an aromatic ring is 4. The van der Waals surface area contributed by atoms with E-state index in [1.165, 1.54) is 52.6 Å². The van der Waals surface area contributed by atoms with Crippen LogP contribution in [0.25, 0.3) is 22.3 Å². The number of phosphoric ester groups is 1. The van der Waals surface area contributed by atoms with E-state index in [0.29, 0.717) is 24.0 Å². The topological polar surface area (TPSA) is 808 Å². The Labute approximate surface area is 756 Å². The number of halogens is 3. The van der Waals surface area contributed by atoms with Crippen molar-refractivity contribution in [2.24, 2.45) is 5.73 Å². The number of unbranched alkanes of at least 4 members (excludes halogenated alkanes) is 2. The number of rotatable bonds is 37. The van der Waals surface area contributed by atoms with Crippen LogP contribution in [0.3, 0.4) is 0 Å². The molecular weight excluding hydrogens is 1890 g/mol. The van der Waals surface area contributed by atoms with Crippen LogP contribution >= 0.6 is 32.4 Å². The minimum atomic E-state index is -5.08. The van der Waals surface area contributed by atoms with Crippen LogP contribution in [0.2, 0.25) is 0 Å². The summed E-state index contributed by atoms with van der Waals surface area (Å²) in [4.78, 5) is 205. The molecule has 6 aromatic heterocycles. The molecule has 0 spiro atoms. The summed E-state index contributed by atoms with van der Waals surface area (Å²) in [6.07, 6.45) is -15.0. The number of hydrogen-bond donors (Lipinski definition) is 18. The smallest absolute Gasteiger partial charge is 0.475 e. The van der Waals surface area contributed by atoms with Crippen LogP contribution in [0.1, 0.15) is 121 Å². The number of aromatic nitrogens is 12. The second-order valence-electron chi connectivity index (χ2n) is 30.4. The highest BCUT2D eigenvalue weighted by molar-refractivity contribution is 7.54. The zero-order chi connectivity index (χ0) is 98.3. The van der Waals surface area contributed by atoms with Gasteiger partial charge in [-0.2, -0.15) is 56.7 Å². The zero-order valence-electron chi connectivity index (χ0n) is 70.8. The number of benzene rings is 2. The number of nitrogens with one attached hydrogen (secondary N) is 1. The van der Waals surface area contributed by atoms with Gasteiger partial charge in [0.2, 0.25) is 0 Å². The van der Waals surface area contributed by atoms with Crippen molar-refractivity contribution in [2.45, 2.75) is 208 Å². The molecule has 4 fully saturated rings. The van der Waals surface area contributed by atoms with E-state index in [2.05, 4.69) is 54.2 Å².